The number of carbonyl (C=O) groups is 1. The average molecular weight is 558 g/mol. The van der Waals surface area contributed by atoms with Gasteiger partial charge in [-0.05, 0) is 48.4 Å². The topological polar surface area (TPSA) is 132 Å². The number of carboxylic acids is 1. The monoisotopic (exact) mass is 557 g/mol. The lowest BCUT2D eigenvalue weighted by Gasteiger charge is -2.33. The van der Waals surface area contributed by atoms with Crippen molar-refractivity contribution < 1.29 is 9.90 Å². The number of benzene rings is 1. The molecule has 0 spiro atoms. The van der Waals surface area contributed by atoms with Gasteiger partial charge in [0.05, 0.1) is 24.2 Å². The van der Waals surface area contributed by atoms with E-state index >= 15 is 0 Å². The highest BCUT2D eigenvalue weighted by molar-refractivity contribution is 5.79. The maximum absolute atomic E-state index is 14.0. The van der Waals surface area contributed by atoms with Crippen LogP contribution in [0.3, 0.4) is 0 Å². The molecule has 5 rings (SSSR count). The van der Waals surface area contributed by atoms with E-state index in [0.717, 1.165) is 79.4 Å². The molecule has 0 bridgehead atoms. The third kappa shape index (κ3) is 6.16. The Hall–Kier alpha value is -4.08. The zero-order valence-electron chi connectivity index (χ0n) is 23.9. The fourth-order valence-electron chi connectivity index (χ4n) is 6.29. The van der Waals surface area contributed by atoms with Crippen molar-refractivity contribution in [2.45, 2.75) is 84.2 Å². The Morgan fingerprint density at radius 1 is 1.07 bits per heavy atom. The molecular weight excluding hydrogens is 518 g/mol. The molecule has 0 amide bonds. The zero-order chi connectivity index (χ0) is 28.8. The molecule has 3 heterocycles. The van der Waals surface area contributed by atoms with Crippen molar-refractivity contribution in [3.63, 3.8) is 0 Å². The fraction of sp³-hybridized carbons (Fsp3) is 0.484. The van der Waals surface area contributed by atoms with Crippen LogP contribution in [-0.2, 0) is 17.8 Å². The molecule has 216 valence electrons. The lowest BCUT2D eigenvalue weighted by atomic mass is 9.78. The van der Waals surface area contributed by atoms with Gasteiger partial charge >= 0.3 is 11.7 Å². The van der Waals surface area contributed by atoms with Gasteiger partial charge < -0.3 is 5.11 Å². The number of nitrogens with one attached hydrogen (secondary N) is 1. The van der Waals surface area contributed by atoms with Crippen LogP contribution in [0.1, 0.15) is 82.6 Å². The van der Waals surface area contributed by atoms with E-state index in [0.29, 0.717) is 18.8 Å². The van der Waals surface area contributed by atoms with E-state index < -0.39 is 11.9 Å². The molecule has 0 aliphatic heterocycles. The summed E-state index contributed by atoms with van der Waals surface area (Å²) in [4.78, 5) is 31.2. The van der Waals surface area contributed by atoms with Crippen molar-refractivity contribution in [3.8, 4) is 22.5 Å². The number of rotatable bonds is 10. The van der Waals surface area contributed by atoms with E-state index in [-0.39, 0.29) is 17.6 Å². The molecule has 1 fully saturated rings. The summed E-state index contributed by atoms with van der Waals surface area (Å²) in [6, 6.07) is 11.4. The number of unbranched alkanes of at least 4 members (excludes halogenated alkanes) is 1. The largest absolute Gasteiger partial charge is 0.481 e. The summed E-state index contributed by atoms with van der Waals surface area (Å²) < 4.78 is 3.56. The lowest BCUT2D eigenvalue weighted by molar-refractivity contribution is -0.144. The highest BCUT2D eigenvalue weighted by Gasteiger charge is 2.37. The molecule has 3 unspecified atom stereocenters. The van der Waals surface area contributed by atoms with Crippen LogP contribution in [0.4, 0.5) is 0 Å². The van der Waals surface area contributed by atoms with Gasteiger partial charge in [-0.15, -0.1) is 10.2 Å². The van der Waals surface area contributed by atoms with Gasteiger partial charge in [-0.2, -0.15) is 5.21 Å². The van der Waals surface area contributed by atoms with Crippen molar-refractivity contribution in [1.82, 2.24) is 34.7 Å². The molecule has 1 aliphatic carbocycles. The van der Waals surface area contributed by atoms with Crippen LogP contribution >= 0.6 is 0 Å². The number of imidazole rings is 1. The van der Waals surface area contributed by atoms with Gasteiger partial charge in [0, 0.05) is 29.2 Å². The summed E-state index contributed by atoms with van der Waals surface area (Å²) in [6.45, 7) is 4.58. The maximum atomic E-state index is 14.0. The Bertz CT molecular complexity index is 1490. The lowest BCUT2D eigenvalue weighted by Crippen LogP contribution is -2.38. The van der Waals surface area contributed by atoms with E-state index in [2.05, 4.69) is 34.5 Å². The Morgan fingerprint density at radius 2 is 1.88 bits per heavy atom. The Labute approximate surface area is 239 Å². The highest BCUT2D eigenvalue weighted by Crippen LogP contribution is 2.38. The zero-order valence-corrected chi connectivity index (χ0v) is 23.9. The number of aliphatic carboxylic acids is 1. The van der Waals surface area contributed by atoms with Gasteiger partial charge in [-0.1, -0.05) is 76.3 Å². The minimum atomic E-state index is -0.802. The van der Waals surface area contributed by atoms with Gasteiger partial charge in [-0.25, -0.2) is 4.79 Å². The summed E-state index contributed by atoms with van der Waals surface area (Å²) in [5.41, 5.74) is 4.27. The number of tetrazole rings is 1. The predicted molar refractivity (Wildman–Crippen MR) is 156 cm³/mol. The Morgan fingerprint density at radius 3 is 2.56 bits per heavy atom. The third-order valence-corrected chi connectivity index (χ3v) is 8.49. The molecule has 10 nitrogen and oxygen atoms in total. The SMILES string of the molecule is CCCCc1cn(C2C(CC)CCCCCC2C(=O)O)c(=O)n1Cc1ccc(-c2ccccc2-c2nn[nH]n2)cn1. The molecule has 0 radical (unpaired) electrons. The van der Waals surface area contributed by atoms with Crippen LogP contribution in [-0.4, -0.2) is 45.8 Å². The normalized spacial score (nSPS) is 19.5. The van der Waals surface area contributed by atoms with Crippen LogP contribution in [0.25, 0.3) is 22.5 Å². The first-order valence-electron chi connectivity index (χ1n) is 14.8. The average Bonchev–Trinajstić information content (AvgIpc) is 3.61. The Balaban J connectivity index is 1.49. The number of aromatic amines is 1. The second-order valence-electron chi connectivity index (χ2n) is 11.1. The fourth-order valence-corrected chi connectivity index (χ4v) is 6.29. The minimum absolute atomic E-state index is 0.139. The minimum Gasteiger partial charge on any atom is -0.481 e. The number of hydrogen-bond donors (Lipinski definition) is 2. The van der Waals surface area contributed by atoms with Gasteiger partial charge in [0.1, 0.15) is 0 Å². The molecule has 3 atom stereocenters. The van der Waals surface area contributed by atoms with E-state index in [1.807, 2.05) is 48.8 Å². The number of carboxylic acid groups (broad SMARTS) is 1. The number of nitrogens with zero attached hydrogens (tertiary/aromatic N) is 6. The molecule has 1 aromatic carbocycles. The maximum Gasteiger partial charge on any atom is 0.328 e. The first kappa shape index (κ1) is 28.4. The van der Waals surface area contributed by atoms with Crippen molar-refractivity contribution in [2.75, 3.05) is 0 Å². The van der Waals surface area contributed by atoms with Crippen molar-refractivity contribution in [3.05, 3.63) is 70.7 Å². The third-order valence-electron chi connectivity index (χ3n) is 8.49. The van der Waals surface area contributed by atoms with Crippen LogP contribution < -0.4 is 5.69 Å². The molecule has 2 N–H and O–H groups in total. The van der Waals surface area contributed by atoms with Gasteiger partial charge in [0.25, 0.3) is 0 Å². The summed E-state index contributed by atoms with van der Waals surface area (Å²) in [6.07, 6.45) is 11.9. The van der Waals surface area contributed by atoms with Gasteiger partial charge in [-0.3, -0.25) is 18.9 Å². The first-order valence-corrected chi connectivity index (χ1v) is 14.8. The summed E-state index contributed by atoms with van der Waals surface area (Å²) >= 11 is 0. The quantitative estimate of drug-likeness (QED) is 0.263. The molecule has 10 heteroatoms. The number of H-pyrrole nitrogens is 1. The van der Waals surface area contributed by atoms with Gasteiger partial charge in [0.2, 0.25) is 5.82 Å². The second-order valence-corrected chi connectivity index (χ2v) is 11.1. The smallest absolute Gasteiger partial charge is 0.328 e. The Kier molecular flexibility index (Phi) is 9.06. The predicted octanol–water partition coefficient (Wildman–Crippen LogP) is 5.52. The second kappa shape index (κ2) is 13.1. The van der Waals surface area contributed by atoms with E-state index in [4.69, 9.17) is 4.98 Å². The molecular formula is C31H39N7O3. The molecule has 0 saturated heterocycles. The van der Waals surface area contributed by atoms with Crippen LogP contribution in [0, 0.1) is 11.8 Å². The van der Waals surface area contributed by atoms with E-state index in [9.17, 15) is 14.7 Å². The summed E-state index contributed by atoms with van der Waals surface area (Å²) in [7, 11) is 0. The molecule has 41 heavy (non-hydrogen) atoms. The number of aryl methyl sites for hydroxylation is 1. The molecule has 1 saturated carbocycles. The summed E-state index contributed by atoms with van der Waals surface area (Å²) in [5.74, 6) is -0.703. The first-order chi connectivity index (χ1) is 20.0. The highest BCUT2D eigenvalue weighted by atomic mass is 16.4. The summed E-state index contributed by atoms with van der Waals surface area (Å²) in [5, 5.41) is 24.6. The van der Waals surface area contributed by atoms with Crippen molar-refractivity contribution in [2.24, 2.45) is 11.8 Å². The van der Waals surface area contributed by atoms with E-state index in [1.165, 1.54) is 0 Å². The van der Waals surface area contributed by atoms with Gasteiger partial charge in [0.15, 0.2) is 0 Å². The molecule has 3 aromatic heterocycles. The van der Waals surface area contributed by atoms with Crippen LogP contribution in [0.15, 0.2) is 53.6 Å². The number of aromatic nitrogens is 7. The van der Waals surface area contributed by atoms with E-state index in [1.54, 1.807) is 9.13 Å². The molecule has 1 aliphatic rings. The number of hydrogen-bond acceptors (Lipinski definition) is 6. The van der Waals surface area contributed by atoms with Crippen LogP contribution in [0.5, 0.6) is 0 Å². The van der Waals surface area contributed by atoms with Crippen molar-refractivity contribution >= 4 is 5.97 Å². The van der Waals surface area contributed by atoms with Crippen molar-refractivity contribution in [1.29, 1.82) is 0 Å². The van der Waals surface area contributed by atoms with Crippen LogP contribution in [0.2, 0.25) is 0 Å². The standard InChI is InChI=1S/C31H39N7O3/c1-3-5-12-24-20-38(28-21(4-2)11-7-6-8-15-27(28)30(39)40)31(41)37(24)19-23-17-16-22(18-32-23)25-13-9-10-14-26(25)29-33-35-36-34-29/h9-10,13-14,16-18,20-21,27-28H,3-8,11-12,15,19H2,1-2H3,(H,39,40)(H,33,34,35,36). The number of pyridine rings is 1. The molecule has 4 aromatic rings.